The molecule has 0 saturated carbocycles. The minimum absolute atomic E-state index is 0.228. The van der Waals surface area contributed by atoms with Gasteiger partial charge in [0.15, 0.2) is 0 Å². The zero-order valence-corrected chi connectivity index (χ0v) is 6.20. The lowest BCUT2D eigenvalue weighted by molar-refractivity contribution is -0.482. The highest BCUT2D eigenvalue weighted by Gasteiger charge is 2.48. The number of nitrogens with zero attached hydrogens (tertiary/aromatic N) is 1. The summed E-state index contributed by atoms with van der Waals surface area (Å²) >= 11 is 0. The average Bonchev–Trinajstić information content (AvgIpc) is 2.06. The number of Topliss-reactive ketones (excluding diaryl/α,β-unsaturated/α-hetero) is 1. The van der Waals surface area contributed by atoms with Crippen molar-refractivity contribution in [1.82, 2.24) is 0 Å². The first-order valence-corrected chi connectivity index (χ1v) is 4.54. The normalized spacial score (nSPS) is 28.7. The quantitative estimate of drug-likeness (QED) is 0.379. The molecule has 6 nitrogen and oxygen atoms in total. The third-order valence-electron chi connectivity index (χ3n) is 1.44. The summed E-state index contributed by atoms with van der Waals surface area (Å²) in [5.74, 6) is -1.20. The highest BCUT2D eigenvalue weighted by atomic mass is 32.2. The van der Waals surface area contributed by atoms with Gasteiger partial charge in [0.2, 0.25) is 15.6 Å². The van der Waals surface area contributed by atoms with Crippen LogP contribution in [0.2, 0.25) is 0 Å². The monoisotopic (exact) mass is 179 g/mol. The number of nitro groups is 1. The van der Waals surface area contributed by atoms with E-state index in [4.69, 9.17) is 0 Å². The van der Waals surface area contributed by atoms with Crippen LogP contribution in [0.5, 0.6) is 0 Å². The van der Waals surface area contributed by atoms with Crippen LogP contribution in [0, 0.1) is 10.1 Å². The topological polar surface area (TPSA) is 94.3 Å². The second-order valence-corrected chi connectivity index (χ2v) is 4.40. The van der Waals surface area contributed by atoms with Gasteiger partial charge in [-0.1, -0.05) is 0 Å². The van der Waals surface area contributed by atoms with Crippen molar-refractivity contribution in [2.24, 2.45) is 0 Å². The SMILES string of the molecule is O=C1CCS(=O)(=O)[C@H]1[N+](=O)[O-]. The fourth-order valence-electron chi connectivity index (χ4n) is 0.927. The highest BCUT2D eigenvalue weighted by molar-refractivity contribution is 7.93. The van der Waals surface area contributed by atoms with Gasteiger partial charge in [0, 0.05) is 11.3 Å². The summed E-state index contributed by atoms with van der Waals surface area (Å²) in [6.45, 7) is 0. The van der Waals surface area contributed by atoms with Gasteiger partial charge in [-0.15, -0.1) is 0 Å². The smallest absolute Gasteiger partial charge is 0.291 e. The largest absolute Gasteiger partial charge is 0.367 e. The number of carbonyl (C=O) groups is 1. The molecule has 0 bridgehead atoms. The van der Waals surface area contributed by atoms with Crippen LogP contribution >= 0.6 is 0 Å². The summed E-state index contributed by atoms with van der Waals surface area (Å²) in [5.41, 5.74) is 0. The first kappa shape index (κ1) is 8.12. The molecule has 0 amide bonds. The van der Waals surface area contributed by atoms with Crippen LogP contribution < -0.4 is 0 Å². The Morgan fingerprint density at radius 3 is 2.27 bits per heavy atom. The Morgan fingerprint density at radius 2 is 2.09 bits per heavy atom. The molecule has 0 N–H and O–H groups in total. The molecule has 11 heavy (non-hydrogen) atoms. The van der Waals surface area contributed by atoms with Crippen LogP contribution in [-0.2, 0) is 14.6 Å². The first-order chi connectivity index (χ1) is 4.95. The van der Waals surface area contributed by atoms with Gasteiger partial charge in [-0.3, -0.25) is 14.9 Å². The molecule has 1 rings (SSSR count). The predicted octanol–water partition coefficient (Wildman–Crippen LogP) is -1.02. The molecule has 1 saturated heterocycles. The predicted molar refractivity (Wildman–Crippen MR) is 34.2 cm³/mol. The molecular weight excluding hydrogens is 174 g/mol. The van der Waals surface area contributed by atoms with E-state index in [1.165, 1.54) is 0 Å². The van der Waals surface area contributed by atoms with Crippen LogP contribution in [0.15, 0.2) is 0 Å². The molecule has 62 valence electrons. The van der Waals surface area contributed by atoms with Crippen molar-refractivity contribution in [3.8, 4) is 0 Å². The molecule has 0 aromatic heterocycles. The fourth-order valence-corrected chi connectivity index (χ4v) is 2.42. The van der Waals surface area contributed by atoms with Gasteiger partial charge in [-0.05, 0) is 0 Å². The zero-order valence-electron chi connectivity index (χ0n) is 5.39. The third-order valence-corrected chi connectivity index (χ3v) is 3.33. The first-order valence-electron chi connectivity index (χ1n) is 2.83. The fraction of sp³-hybridized carbons (Fsp3) is 0.750. The molecule has 1 aliphatic heterocycles. The lowest BCUT2D eigenvalue weighted by Crippen LogP contribution is -2.30. The maximum absolute atomic E-state index is 10.8. The summed E-state index contributed by atoms with van der Waals surface area (Å²) < 4.78 is 21.5. The van der Waals surface area contributed by atoms with Gasteiger partial charge >= 0.3 is 5.37 Å². The Hall–Kier alpha value is -0.980. The number of sulfone groups is 1. The molecule has 0 unspecified atom stereocenters. The van der Waals surface area contributed by atoms with E-state index in [0.717, 1.165) is 0 Å². The minimum atomic E-state index is -3.78. The van der Waals surface area contributed by atoms with E-state index >= 15 is 0 Å². The van der Waals surface area contributed by atoms with Crippen molar-refractivity contribution in [2.75, 3.05) is 5.75 Å². The molecule has 1 atom stereocenters. The molecule has 0 spiro atoms. The Morgan fingerprint density at radius 1 is 1.55 bits per heavy atom. The van der Waals surface area contributed by atoms with Crippen molar-refractivity contribution in [1.29, 1.82) is 0 Å². The molecule has 0 radical (unpaired) electrons. The second-order valence-electron chi connectivity index (χ2n) is 2.22. The molecule has 1 aliphatic rings. The van der Waals surface area contributed by atoms with Crippen LogP contribution in [0.25, 0.3) is 0 Å². The van der Waals surface area contributed by atoms with E-state index in [1.807, 2.05) is 0 Å². The van der Waals surface area contributed by atoms with Crippen molar-refractivity contribution < 1.29 is 18.1 Å². The number of hydrogen-bond donors (Lipinski definition) is 0. The molecule has 1 fully saturated rings. The Balaban J connectivity index is 3.09. The zero-order chi connectivity index (χ0) is 8.65. The van der Waals surface area contributed by atoms with Gasteiger partial charge in [0.05, 0.1) is 5.75 Å². The number of hydrogen-bond acceptors (Lipinski definition) is 5. The number of rotatable bonds is 1. The summed E-state index contributed by atoms with van der Waals surface area (Å²) in [6, 6.07) is 0. The maximum Gasteiger partial charge on any atom is 0.367 e. The summed E-state index contributed by atoms with van der Waals surface area (Å²) in [5, 5.41) is 8.04. The summed E-state index contributed by atoms with van der Waals surface area (Å²) in [7, 11) is -3.78. The van der Waals surface area contributed by atoms with Gasteiger partial charge in [0.1, 0.15) is 0 Å². The Labute approximate surface area is 62.3 Å². The van der Waals surface area contributed by atoms with Crippen LogP contribution in [0.3, 0.4) is 0 Å². The van der Waals surface area contributed by atoms with Gasteiger partial charge in [0.25, 0.3) is 0 Å². The standard InChI is InChI=1S/C4H5NO5S/c6-3-1-2-11(9,10)4(3)5(7)8/h4H,1-2H2/t4-/m1/s1. The van der Waals surface area contributed by atoms with Crippen LogP contribution in [-0.4, -0.2) is 30.3 Å². The third kappa shape index (κ3) is 1.23. The van der Waals surface area contributed by atoms with Crippen LogP contribution in [0.4, 0.5) is 0 Å². The van der Waals surface area contributed by atoms with Gasteiger partial charge in [-0.25, -0.2) is 8.42 Å². The summed E-state index contributed by atoms with van der Waals surface area (Å²) in [6.07, 6.45) is -0.228. The van der Waals surface area contributed by atoms with E-state index in [-0.39, 0.29) is 6.42 Å². The van der Waals surface area contributed by atoms with E-state index in [1.54, 1.807) is 0 Å². The highest BCUT2D eigenvalue weighted by Crippen LogP contribution is 2.16. The molecular formula is C4H5NO5S. The van der Waals surface area contributed by atoms with E-state index in [9.17, 15) is 23.3 Å². The van der Waals surface area contributed by atoms with E-state index in [0.29, 0.717) is 0 Å². The molecule has 0 aliphatic carbocycles. The Kier molecular flexibility index (Phi) is 1.67. The maximum atomic E-state index is 10.8. The van der Waals surface area contributed by atoms with E-state index < -0.39 is 31.7 Å². The number of ketones is 1. The average molecular weight is 179 g/mol. The van der Waals surface area contributed by atoms with Crippen molar-refractivity contribution in [3.63, 3.8) is 0 Å². The van der Waals surface area contributed by atoms with E-state index in [2.05, 4.69) is 0 Å². The molecule has 1 heterocycles. The number of carbonyl (C=O) groups excluding carboxylic acids is 1. The van der Waals surface area contributed by atoms with Gasteiger partial charge in [-0.2, -0.15) is 0 Å². The lowest BCUT2D eigenvalue weighted by Gasteiger charge is -1.96. The van der Waals surface area contributed by atoms with Crippen molar-refractivity contribution >= 4 is 15.6 Å². The summed E-state index contributed by atoms with van der Waals surface area (Å²) in [4.78, 5) is 19.6. The van der Waals surface area contributed by atoms with Crippen LogP contribution in [0.1, 0.15) is 6.42 Å². The Bertz CT molecular complexity index is 304. The molecule has 7 heteroatoms. The van der Waals surface area contributed by atoms with Gasteiger partial charge < -0.3 is 0 Å². The second kappa shape index (κ2) is 2.26. The lowest BCUT2D eigenvalue weighted by atomic mass is 10.3. The van der Waals surface area contributed by atoms with Crippen molar-refractivity contribution in [2.45, 2.75) is 11.8 Å². The molecule has 0 aromatic rings. The molecule has 0 aromatic carbocycles. The van der Waals surface area contributed by atoms with Crippen molar-refractivity contribution in [3.05, 3.63) is 10.1 Å². The minimum Gasteiger partial charge on any atom is -0.291 e.